The first kappa shape index (κ1) is 8.21. The molecule has 1 aromatic rings. The second kappa shape index (κ2) is 3.49. The molecule has 0 aliphatic rings. The number of primary amides is 1. The van der Waals surface area contributed by atoms with Crippen LogP contribution >= 0.6 is 0 Å². The molecule has 4 heteroatoms. The van der Waals surface area contributed by atoms with E-state index in [2.05, 4.69) is 15.9 Å². The van der Waals surface area contributed by atoms with E-state index in [0.29, 0.717) is 11.4 Å². The third kappa shape index (κ3) is 2.06. The molecule has 2 N–H and O–H groups in total. The van der Waals surface area contributed by atoms with E-state index in [4.69, 9.17) is 12.2 Å². The largest absolute Gasteiger partial charge is 0.369 e. The fraction of sp³-hybridized carbons (Fsp3) is 0.125. The van der Waals surface area contributed by atoms with Crippen LogP contribution in [-0.4, -0.2) is 15.9 Å². The molecule has 12 heavy (non-hydrogen) atoms. The molecule has 0 aliphatic heterocycles. The number of hydrogen-bond acceptors (Lipinski definition) is 3. The van der Waals surface area contributed by atoms with Crippen molar-refractivity contribution in [2.45, 2.75) is 6.42 Å². The lowest BCUT2D eigenvalue weighted by atomic mass is 10.3. The first-order chi connectivity index (χ1) is 5.72. The molecule has 0 atom stereocenters. The number of rotatable bonds is 2. The minimum absolute atomic E-state index is 0.0951. The maximum Gasteiger partial charge on any atom is 0.223 e. The molecule has 60 valence electrons. The highest BCUT2D eigenvalue weighted by molar-refractivity contribution is 5.75. The van der Waals surface area contributed by atoms with Gasteiger partial charge >= 0.3 is 0 Å². The van der Waals surface area contributed by atoms with Gasteiger partial charge in [-0.25, -0.2) is 4.98 Å². The number of aromatic nitrogens is 2. The molecular formula is C8H7N3O. The molecule has 0 aromatic carbocycles. The Labute approximate surface area is 69.8 Å². The zero-order valence-electron chi connectivity index (χ0n) is 6.32. The Hall–Kier alpha value is -1.89. The van der Waals surface area contributed by atoms with E-state index < -0.39 is 5.91 Å². The van der Waals surface area contributed by atoms with Gasteiger partial charge in [0, 0.05) is 0 Å². The minimum atomic E-state index is -0.433. The van der Waals surface area contributed by atoms with Gasteiger partial charge in [0.1, 0.15) is 5.69 Å². The lowest BCUT2D eigenvalue weighted by Crippen LogP contribution is -2.14. The molecule has 0 bridgehead atoms. The summed E-state index contributed by atoms with van der Waals surface area (Å²) < 4.78 is 0. The van der Waals surface area contributed by atoms with Crippen LogP contribution in [0.25, 0.3) is 0 Å². The summed E-state index contributed by atoms with van der Waals surface area (Å²) in [4.78, 5) is 18.2. The highest BCUT2D eigenvalue weighted by atomic mass is 16.1. The van der Waals surface area contributed by atoms with Crippen molar-refractivity contribution in [2.24, 2.45) is 5.73 Å². The number of terminal acetylenes is 1. The third-order valence-electron chi connectivity index (χ3n) is 1.21. The van der Waals surface area contributed by atoms with Crippen molar-refractivity contribution in [1.29, 1.82) is 0 Å². The van der Waals surface area contributed by atoms with Crippen molar-refractivity contribution in [3.63, 3.8) is 0 Å². The van der Waals surface area contributed by atoms with Gasteiger partial charge < -0.3 is 5.73 Å². The lowest BCUT2D eigenvalue weighted by Gasteiger charge is -1.94. The van der Waals surface area contributed by atoms with Crippen LogP contribution in [0.2, 0.25) is 0 Å². The number of carbonyl (C=O) groups excluding carboxylic acids is 1. The predicted octanol–water partition coefficient (Wildman–Crippen LogP) is -0.514. The lowest BCUT2D eigenvalue weighted by molar-refractivity contribution is -0.117. The molecule has 0 radical (unpaired) electrons. The van der Waals surface area contributed by atoms with E-state index in [1.54, 1.807) is 0 Å². The average Bonchev–Trinajstić information content (AvgIpc) is 2.05. The Morgan fingerprint density at radius 1 is 1.58 bits per heavy atom. The SMILES string of the molecule is C#Cc1cnc(CC(N)=O)cn1. The summed E-state index contributed by atoms with van der Waals surface area (Å²) in [6.45, 7) is 0. The van der Waals surface area contributed by atoms with Gasteiger partial charge in [-0.2, -0.15) is 0 Å². The van der Waals surface area contributed by atoms with E-state index in [-0.39, 0.29) is 6.42 Å². The van der Waals surface area contributed by atoms with Crippen LogP contribution in [-0.2, 0) is 11.2 Å². The molecule has 1 aromatic heterocycles. The first-order valence-corrected chi connectivity index (χ1v) is 3.28. The van der Waals surface area contributed by atoms with Crippen LogP contribution in [0.1, 0.15) is 11.4 Å². The Morgan fingerprint density at radius 2 is 2.33 bits per heavy atom. The number of nitrogens with zero attached hydrogens (tertiary/aromatic N) is 2. The van der Waals surface area contributed by atoms with Gasteiger partial charge in [0.05, 0.1) is 24.5 Å². The fourth-order valence-corrected chi connectivity index (χ4v) is 0.699. The molecule has 0 spiro atoms. The van der Waals surface area contributed by atoms with Crippen LogP contribution in [0.15, 0.2) is 12.4 Å². The monoisotopic (exact) mass is 161 g/mol. The summed E-state index contributed by atoms with van der Waals surface area (Å²) >= 11 is 0. The summed E-state index contributed by atoms with van der Waals surface area (Å²) in [5.74, 6) is 1.89. The van der Waals surface area contributed by atoms with Gasteiger partial charge in [-0.3, -0.25) is 9.78 Å². The summed E-state index contributed by atoms with van der Waals surface area (Å²) in [7, 11) is 0. The van der Waals surface area contributed by atoms with Crippen molar-refractivity contribution >= 4 is 5.91 Å². The van der Waals surface area contributed by atoms with Crippen molar-refractivity contribution < 1.29 is 4.79 Å². The van der Waals surface area contributed by atoms with E-state index in [9.17, 15) is 4.79 Å². The van der Waals surface area contributed by atoms with Gasteiger partial charge in [-0.1, -0.05) is 0 Å². The Bertz CT molecular complexity index is 323. The smallest absolute Gasteiger partial charge is 0.223 e. The predicted molar refractivity (Wildman–Crippen MR) is 42.9 cm³/mol. The summed E-state index contributed by atoms with van der Waals surface area (Å²) in [5, 5.41) is 0. The maximum atomic E-state index is 10.4. The Balaban J connectivity index is 2.80. The number of amides is 1. The molecule has 0 fully saturated rings. The van der Waals surface area contributed by atoms with Crippen molar-refractivity contribution in [2.75, 3.05) is 0 Å². The van der Waals surface area contributed by atoms with E-state index >= 15 is 0 Å². The van der Waals surface area contributed by atoms with Crippen LogP contribution in [0.4, 0.5) is 0 Å². The summed E-state index contributed by atoms with van der Waals surface area (Å²) in [5.41, 5.74) is 5.92. The standard InChI is InChI=1S/C8H7N3O/c1-2-6-4-11-7(5-10-6)3-8(9)12/h1,4-5H,3H2,(H2,9,12). The average molecular weight is 161 g/mol. The highest BCUT2D eigenvalue weighted by Crippen LogP contribution is 1.94. The zero-order valence-corrected chi connectivity index (χ0v) is 6.32. The maximum absolute atomic E-state index is 10.4. The van der Waals surface area contributed by atoms with Crippen molar-refractivity contribution in [3.05, 3.63) is 23.8 Å². The molecule has 1 rings (SSSR count). The molecule has 0 aliphatic carbocycles. The summed E-state index contributed by atoms with van der Waals surface area (Å²) in [6, 6.07) is 0. The van der Waals surface area contributed by atoms with Crippen LogP contribution in [0, 0.1) is 12.3 Å². The molecule has 4 nitrogen and oxygen atoms in total. The fourth-order valence-electron chi connectivity index (χ4n) is 0.699. The van der Waals surface area contributed by atoms with E-state index in [1.165, 1.54) is 12.4 Å². The Kier molecular flexibility index (Phi) is 2.38. The second-order valence-corrected chi connectivity index (χ2v) is 2.18. The van der Waals surface area contributed by atoms with Crippen molar-refractivity contribution in [3.8, 4) is 12.3 Å². The van der Waals surface area contributed by atoms with Gasteiger partial charge in [0.15, 0.2) is 0 Å². The second-order valence-electron chi connectivity index (χ2n) is 2.18. The Morgan fingerprint density at radius 3 is 2.75 bits per heavy atom. The van der Waals surface area contributed by atoms with Gasteiger partial charge in [-0.15, -0.1) is 6.42 Å². The van der Waals surface area contributed by atoms with Crippen molar-refractivity contribution in [1.82, 2.24) is 9.97 Å². The zero-order chi connectivity index (χ0) is 8.97. The normalized spacial score (nSPS) is 8.92. The third-order valence-corrected chi connectivity index (χ3v) is 1.21. The van der Waals surface area contributed by atoms with E-state index in [1.807, 2.05) is 0 Å². The van der Waals surface area contributed by atoms with Gasteiger partial charge in [0.25, 0.3) is 0 Å². The quantitative estimate of drug-likeness (QED) is 0.594. The molecular weight excluding hydrogens is 154 g/mol. The summed E-state index contributed by atoms with van der Waals surface area (Å²) in [6.07, 6.45) is 8.03. The van der Waals surface area contributed by atoms with Gasteiger partial charge in [0.2, 0.25) is 5.91 Å². The molecule has 1 heterocycles. The molecule has 0 unspecified atom stereocenters. The number of hydrogen-bond donors (Lipinski definition) is 1. The molecule has 0 saturated heterocycles. The number of carbonyl (C=O) groups is 1. The van der Waals surface area contributed by atoms with Crippen LogP contribution in [0.5, 0.6) is 0 Å². The van der Waals surface area contributed by atoms with E-state index in [0.717, 1.165) is 0 Å². The first-order valence-electron chi connectivity index (χ1n) is 3.28. The number of nitrogens with two attached hydrogens (primary N) is 1. The topological polar surface area (TPSA) is 68.9 Å². The van der Waals surface area contributed by atoms with Gasteiger partial charge in [-0.05, 0) is 5.92 Å². The molecule has 0 saturated carbocycles. The highest BCUT2D eigenvalue weighted by Gasteiger charge is 1.99. The molecule has 1 amide bonds. The minimum Gasteiger partial charge on any atom is -0.369 e. The van der Waals surface area contributed by atoms with Crippen LogP contribution < -0.4 is 5.73 Å². The van der Waals surface area contributed by atoms with Crippen LogP contribution in [0.3, 0.4) is 0 Å².